The maximum absolute atomic E-state index is 10.5. The van der Waals surface area contributed by atoms with Gasteiger partial charge in [0.25, 0.3) is 5.69 Å². The standard InChI is InChI=1S/C10H9BrN2O3/c11-9-7-8(13(14)15)3-4-10(9)16-6-2-1-5-12/h3-4,7H,1-2,6H2. The average Bonchev–Trinajstić information content (AvgIpc) is 2.26. The van der Waals surface area contributed by atoms with Crippen molar-refractivity contribution in [2.45, 2.75) is 12.8 Å². The molecule has 1 aromatic rings. The number of nitrogens with zero attached hydrogens (tertiary/aromatic N) is 2. The fourth-order valence-electron chi connectivity index (χ4n) is 1.05. The molecule has 0 unspecified atom stereocenters. The van der Waals surface area contributed by atoms with Crippen molar-refractivity contribution in [2.24, 2.45) is 0 Å². The average molecular weight is 285 g/mol. The Bertz CT molecular complexity index is 429. The van der Waals surface area contributed by atoms with Crippen LogP contribution in [-0.2, 0) is 0 Å². The molecule has 0 atom stereocenters. The Morgan fingerprint density at radius 2 is 2.31 bits per heavy atom. The van der Waals surface area contributed by atoms with E-state index in [9.17, 15) is 10.1 Å². The first-order valence-electron chi connectivity index (χ1n) is 4.59. The van der Waals surface area contributed by atoms with E-state index in [1.807, 2.05) is 6.07 Å². The van der Waals surface area contributed by atoms with Gasteiger partial charge in [-0.2, -0.15) is 5.26 Å². The lowest BCUT2D eigenvalue weighted by atomic mass is 10.3. The summed E-state index contributed by atoms with van der Waals surface area (Å²) in [6.07, 6.45) is 1.07. The van der Waals surface area contributed by atoms with Gasteiger partial charge in [0.1, 0.15) is 5.75 Å². The van der Waals surface area contributed by atoms with Crippen LogP contribution in [0.4, 0.5) is 5.69 Å². The van der Waals surface area contributed by atoms with Crippen LogP contribution >= 0.6 is 15.9 Å². The molecule has 0 N–H and O–H groups in total. The van der Waals surface area contributed by atoms with Gasteiger partial charge in [-0.05, 0) is 28.4 Å². The molecule has 0 bridgehead atoms. The largest absolute Gasteiger partial charge is 0.492 e. The number of hydrogen-bond donors (Lipinski definition) is 0. The first-order chi connectivity index (χ1) is 7.65. The van der Waals surface area contributed by atoms with Crippen LogP contribution in [-0.4, -0.2) is 11.5 Å². The molecule has 0 heterocycles. The Hall–Kier alpha value is -1.61. The molecule has 0 saturated carbocycles. The quantitative estimate of drug-likeness (QED) is 0.473. The number of benzene rings is 1. The number of halogens is 1. The number of nitro benzene ring substituents is 1. The maximum Gasteiger partial charge on any atom is 0.270 e. The lowest BCUT2D eigenvalue weighted by Gasteiger charge is -2.06. The summed E-state index contributed by atoms with van der Waals surface area (Å²) in [4.78, 5) is 10.0. The van der Waals surface area contributed by atoms with E-state index in [0.717, 1.165) is 0 Å². The number of ether oxygens (including phenoxy) is 1. The summed E-state index contributed by atoms with van der Waals surface area (Å²) < 4.78 is 5.89. The van der Waals surface area contributed by atoms with E-state index in [1.54, 1.807) is 0 Å². The Kier molecular flexibility index (Phi) is 4.73. The Morgan fingerprint density at radius 1 is 1.56 bits per heavy atom. The molecule has 0 aliphatic carbocycles. The summed E-state index contributed by atoms with van der Waals surface area (Å²) in [5, 5.41) is 18.8. The predicted molar refractivity (Wildman–Crippen MR) is 61.1 cm³/mol. The number of rotatable bonds is 5. The van der Waals surface area contributed by atoms with E-state index in [0.29, 0.717) is 29.7 Å². The Labute approximate surface area is 101 Å². The summed E-state index contributed by atoms with van der Waals surface area (Å²) >= 11 is 3.19. The van der Waals surface area contributed by atoms with Crippen LogP contribution in [0.15, 0.2) is 22.7 Å². The maximum atomic E-state index is 10.5. The third-order valence-corrected chi connectivity index (χ3v) is 2.44. The number of nitriles is 1. The molecule has 16 heavy (non-hydrogen) atoms. The SMILES string of the molecule is N#CCCCOc1ccc([N+](=O)[O-])cc1Br. The molecule has 0 fully saturated rings. The molecule has 0 aromatic heterocycles. The van der Waals surface area contributed by atoms with Crippen LogP contribution < -0.4 is 4.74 Å². The highest BCUT2D eigenvalue weighted by Crippen LogP contribution is 2.29. The van der Waals surface area contributed by atoms with Crippen molar-refractivity contribution in [2.75, 3.05) is 6.61 Å². The highest BCUT2D eigenvalue weighted by molar-refractivity contribution is 9.10. The van der Waals surface area contributed by atoms with E-state index < -0.39 is 4.92 Å². The molecule has 5 nitrogen and oxygen atoms in total. The summed E-state index contributed by atoms with van der Waals surface area (Å²) in [6.45, 7) is 0.421. The molecular formula is C10H9BrN2O3. The molecule has 0 saturated heterocycles. The monoisotopic (exact) mass is 284 g/mol. The lowest BCUT2D eigenvalue weighted by molar-refractivity contribution is -0.385. The van der Waals surface area contributed by atoms with Crippen molar-refractivity contribution in [1.29, 1.82) is 5.26 Å². The number of hydrogen-bond acceptors (Lipinski definition) is 4. The summed E-state index contributed by atoms with van der Waals surface area (Å²) in [5.74, 6) is 0.545. The Balaban J connectivity index is 2.62. The van der Waals surface area contributed by atoms with E-state index >= 15 is 0 Å². The van der Waals surface area contributed by atoms with Crippen LogP contribution in [0.3, 0.4) is 0 Å². The first-order valence-corrected chi connectivity index (χ1v) is 5.38. The molecule has 1 aromatic carbocycles. The summed E-state index contributed by atoms with van der Waals surface area (Å²) in [7, 11) is 0. The molecule has 84 valence electrons. The van der Waals surface area contributed by atoms with Crippen LogP contribution in [0, 0.1) is 21.4 Å². The fourth-order valence-corrected chi connectivity index (χ4v) is 1.53. The van der Waals surface area contributed by atoms with Gasteiger partial charge in [-0.3, -0.25) is 10.1 Å². The molecule has 0 aliphatic rings. The van der Waals surface area contributed by atoms with Gasteiger partial charge in [0, 0.05) is 18.6 Å². The topological polar surface area (TPSA) is 76.2 Å². The van der Waals surface area contributed by atoms with E-state index in [2.05, 4.69) is 15.9 Å². The van der Waals surface area contributed by atoms with Gasteiger partial charge in [0.2, 0.25) is 0 Å². The van der Waals surface area contributed by atoms with Crippen molar-refractivity contribution < 1.29 is 9.66 Å². The smallest absolute Gasteiger partial charge is 0.270 e. The second kappa shape index (κ2) is 6.08. The minimum Gasteiger partial charge on any atom is -0.492 e. The van der Waals surface area contributed by atoms with Crippen molar-refractivity contribution in [3.8, 4) is 11.8 Å². The van der Waals surface area contributed by atoms with Gasteiger partial charge in [-0.1, -0.05) is 0 Å². The zero-order valence-corrected chi connectivity index (χ0v) is 9.94. The van der Waals surface area contributed by atoms with E-state index in [1.165, 1.54) is 18.2 Å². The zero-order valence-electron chi connectivity index (χ0n) is 8.35. The lowest BCUT2D eigenvalue weighted by Crippen LogP contribution is -1.98. The molecular weight excluding hydrogens is 276 g/mol. The molecule has 0 radical (unpaired) electrons. The first kappa shape index (κ1) is 12.5. The van der Waals surface area contributed by atoms with Gasteiger partial charge < -0.3 is 4.74 Å². The highest BCUT2D eigenvalue weighted by atomic mass is 79.9. The Morgan fingerprint density at radius 3 is 2.88 bits per heavy atom. The van der Waals surface area contributed by atoms with Gasteiger partial charge in [0.15, 0.2) is 0 Å². The van der Waals surface area contributed by atoms with Gasteiger partial charge in [0.05, 0.1) is 22.1 Å². The van der Waals surface area contributed by atoms with E-state index in [4.69, 9.17) is 10.00 Å². The molecule has 0 aliphatic heterocycles. The van der Waals surface area contributed by atoms with E-state index in [-0.39, 0.29) is 5.69 Å². The van der Waals surface area contributed by atoms with Gasteiger partial charge in [-0.15, -0.1) is 0 Å². The minimum atomic E-state index is -0.468. The number of nitro groups is 1. The number of non-ortho nitro benzene ring substituents is 1. The van der Waals surface area contributed by atoms with Crippen LogP contribution in [0.2, 0.25) is 0 Å². The van der Waals surface area contributed by atoms with Crippen molar-refractivity contribution in [3.63, 3.8) is 0 Å². The van der Waals surface area contributed by atoms with Crippen molar-refractivity contribution in [3.05, 3.63) is 32.8 Å². The second-order valence-electron chi connectivity index (χ2n) is 2.98. The molecule has 1 rings (SSSR count). The van der Waals surface area contributed by atoms with Crippen molar-refractivity contribution >= 4 is 21.6 Å². The van der Waals surface area contributed by atoms with Crippen molar-refractivity contribution in [1.82, 2.24) is 0 Å². The molecule has 0 spiro atoms. The minimum absolute atomic E-state index is 0.0104. The third kappa shape index (κ3) is 3.51. The predicted octanol–water partition coefficient (Wildman–Crippen LogP) is 3.04. The number of unbranched alkanes of at least 4 members (excludes halogenated alkanes) is 1. The molecule has 0 amide bonds. The van der Waals surface area contributed by atoms with Gasteiger partial charge >= 0.3 is 0 Å². The highest BCUT2D eigenvalue weighted by Gasteiger charge is 2.09. The second-order valence-corrected chi connectivity index (χ2v) is 3.84. The fraction of sp³-hybridized carbons (Fsp3) is 0.300. The normalized spacial score (nSPS) is 9.50. The van der Waals surface area contributed by atoms with Crippen LogP contribution in [0.5, 0.6) is 5.75 Å². The van der Waals surface area contributed by atoms with Crippen LogP contribution in [0.1, 0.15) is 12.8 Å². The third-order valence-electron chi connectivity index (χ3n) is 1.82. The van der Waals surface area contributed by atoms with Gasteiger partial charge in [-0.25, -0.2) is 0 Å². The zero-order chi connectivity index (χ0) is 12.0. The molecule has 6 heteroatoms. The summed E-state index contributed by atoms with van der Waals surface area (Å²) in [6, 6.07) is 6.32. The summed E-state index contributed by atoms with van der Waals surface area (Å²) in [5.41, 5.74) is 0.0104. The van der Waals surface area contributed by atoms with Crippen LogP contribution in [0.25, 0.3) is 0 Å².